The topological polar surface area (TPSA) is 95.6 Å². The van der Waals surface area contributed by atoms with Crippen LogP contribution in [0, 0.1) is 0 Å². The number of methoxy groups -OCH3 is 2. The number of hydrogen-bond donors (Lipinski definition) is 2. The second-order valence-electron chi connectivity index (χ2n) is 8.50. The zero-order valence-electron chi connectivity index (χ0n) is 20.6. The molecule has 0 radical (unpaired) electrons. The maximum Gasteiger partial charge on any atom is 0.285 e. The number of likely N-dealkylation sites (N-methyl/N-ethyl adjacent to an activating group) is 1. The lowest BCUT2D eigenvalue weighted by Crippen LogP contribution is -2.45. The zero-order chi connectivity index (χ0) is 26.1. The third kappa shape index (κ3) is 4.94. The molecule has 4 aromatic rings. The van der Waals surface area contributed by atoms with Crippen LogP contribution in [0.1, 0.15) is 16.7 Å². The van der Waals surface area contributed by atoms with Gasteiger partial charge in [-0.1, -0.05) is 47.5 Å². The third-order valence-electron chi connectivity index (χ3n) is 6.48. The van der Waals surface area contributed by atoms with Crippen molar-refractivity contribution in [2.75, 3.05) is 57.2 Å². The van der Waals surface area contributed by atoms with Gasteiger partial charge < -0.3 is 24.6 Å². The molecule has 1 aliphatic heterocycles. The number of carbonyl (C=O) groups excluding carboxylic acids is 1. The van der Waals surface area contributed by atoms with Gasteiger partial charge in [0.1, 0.15) is 16.5 Å². The molecule has 9 nitrogen and oxygen atoms in total. The maximum atomic E-state index is 13.0. The van der Waals surface area contributed by atoms with Gasteiger partial charge >= 0.3 is 0 Å². The van der Waals surface area contributed by atoms with Gasteiger partial charge in [-0.15, -0.1) is 0 Å². The number of ether oxygens (including phenoxy) is 2. The van der Waals surface area contributed by atoms with E-state index in [-0.39, 0.29) is 5.91 Å². The Morgan fingerprint density at radius 1 is 1.11 bits per heavy atom. The Morgan fingerprint density at radius 3 is 2.46 bits per heavy atom. The number of fused-ring (bicyclic) bond motifs is 1. The van der Waals surface area contributed by atoms with Crippen molar-refractivity contribution in [1.82, 2.24) is 20.1 Å². The lowest BCUT2D eigenvalue weighted by Gasteiger charge is -2.34. The first-order valence-corrected chi connectivity index (χ1v) is 13.3. The highest BCUT2D eigenvalue weighted by molar-refractivity contribution is 7.17. The molecule has 2 aromatic heterocycles. The predicted molar refractivity (Wildman–Crippen MR) is 149 cm³/mol. The van der Waals surface area contributed by atoms with Crippen molar-refractivity contribution in [2.45, 2.75) is 6.92 Å². The van der Waals surface area contributed by atoms with Crippen molar-refractivity contribution in [3.8, 4) is 22.6 Å². The molecule has 0 saturated carbocycles. The number of nitrogens with one attached hydrogen (secondary N) is 2. The molecule has 37 heavy (non-hydrogen) atoms. The second kappa shape index (κ2) is 10.7. The van der Waals surface area contributed by atoms with E-state index in [4.69, 9.17) is 32.7 Å². The van der Waals surface area contributed by atoms with E-state index in [0.717, 1.165) is 48.7 Å². The van der Waals surface area contributed by atoms with Crippen molar-refractivity contribution >= 4 is 62.2 Å². The molecule has 2 N–H and O–H groups in total. The summed E-state index contributed by atoms with van der Waals surface area (Å²) in [5, 5.41) is 13.0. The third-order valence-corrected chi connectivity index (χ3v) is 8.28. The first-order valence-electron chi connectivity index (χ1n) is 11.8. The minimum atomic E-state index is -0.301. The Bertz CT molecular complexity index is 1420. The number of rotatable bonds is 7. The molecule has 194 valence electrons. The molecule has 0 bridgehead atoms. The number of hydrogen-bond acceptors (Lipinski definition) is 8. The highest BCUT2D eigenvalue weighted by atomic mass is 35.5. The normalized spacial score (nSPS) is 14.2. The number of nitrogens with zero attached hydrogens (tertiary/aromatic N) is 4. The van der Waals surface area contributed by atoms with Crippen molar-refractivity contribution in [1.29, 1.82) is 0 Å². The van der Waals surface area contributed by atoms with Crippen molar-refractivity contribution in [2.24, 2.45) is 0 Å². The van der Waals surface area contributed by atoms with Gasteiger partial charge in [0.05, 0.1) is 36.0 Å². The van der Waals surface area contributed by atoms with E-state index in [9.17, 15) is 4.79 Å². The summed E-state index contributed by atoms with van der Waals surface area (Å²) in [6, 6.07) is 7.22. The molecule has 2 aromatic carbocycles. The van der Waals surface area contributed by atoms with Crippen LogP contribution in [-0.2, 0) is 0 Å². The summed E-state index contributed by atoms with van der Waals surface area (Å²) in [4.78, 5) is 22.0. The van der Waals surface area contributed by atoms with Gasteiger partial charge in [-0.3, -0.25) is 9.89 Å². The molecule has 0 atom stereocenters. The van der Waals surface area contributed by atoms with Gasteiger partial charge in [0, 0.05) is 43.2 Å². The van der Waals surface area contributed by atoms with Crippen LogP contribution in [0.3, 0.4) is 0 Å². The van der Waals surface area contributed by atoms with Gasteiger partial charge in [-0.2, -0.15) is 5.10 Å². The van der Waals surface area contributed by atoms with Gasteiger partial charge in [0.15, 0.2) is 10.8 Å². The van der Waals surface area contributed by atoms with Crippen LogP contribution in [0.2, 0.25) is 10.0 Å². The van der Waals surface area contributed by atoms with Crippen LogP contribution in [0.15, 0.2) is 30.5 Å². The fourth-order valence-electron chi connectivity index (χ4n) is 4.37. The van der Waals surface area contributed by atoms with Gasteiger partial charge in [-0.05, 0) is 24.2 Å². The predicted octanol–water partition coefficient (Wildman–Crippen LogP) is 5.40. The average molecular weight is 561 g/mol. The Labute approximate surface area is 228 Å². The minimum absolute atomic E-state index is 0.301. The smallest absolute Gasteiger partial charge is 0.285 e. The number of benzene rings is 2. The van der Waals surface area contributed by atoms with E-state index in [2.05, 4.69) is 37.2 Å². The van der Waals surface area contributed by atoms with Crippen LogP contribution in [-0.4, -0.2) is 72.9 Å². The molecule has 0 unspecified atom stereocenters. The number of H-pyrrole nitrogens is 1. The first-order chi connectivity index (χ1) is 17.9. The number of thiazole rings is 1. The number of aromatic nitrogens is 3. The largest absolute Gasteiger partial charge is 0.495 e. The van der Waals surface area contributed by atoms with Crippen LogP contribution >= 0.6 is 34.5 Å². The fourth-order valence-corrected chi connectivity index (χ4v) is 5.96. The van der Waals surface area contributed by atoms with Crippen LogP contribution < -0.4 is 19.7 Å². The zero-order valence-corrected chi connectivity index (χ0v) is 22.9. The van der Waals surface area contributed by atoms with Crippen LogP contribution in [0.25, 0.3) is 22.0 Å². The van der Waals surface area contributed by atoms with E-state index < -0.39 is 0 Å². The summed E-state index contributed by atoms with van der Waals surface area (Å²) >= 11 is 14.6. The molecule has 12 heteroatoms. The Kier molecular flexibility index (Phi) is 7.43. The minimum Gasteiger partial charge on any atom is -0.495 e. The fraction of sp³-hybridized carbons (Fsp3) is 0.320. The van der Waals surface area contributed by atoms with Crippen molar-refractivity contribution in [3.63, 3.8) is 0 Å². The Morgan fingerprint density at radius 2 is 1.81 bits per heavy atom. The van der Waals surface area contributed by atoms with Crippen molar-refractivity contribution in [3.05, 3.63) is 45.5 Å². The van der Waals surface area contributed by atoms with Crippen molar-refractivity contribution < 1.29 is 14.3 Å². The lowest BCUT2D eigenvalue weighted by atomic mass is 10.0. The summed E-state index contributed by atoms with van der Waals surface area (Å²) in [5.41, 5.74) is 2.03. The first kappa shape index (κ1) is 25.6. The van der Waals surface area contributed by atoms with E-state index in [0.29, 0.717) is 43.4 Å². The molecule has 3 heterocycles. The van der Waals surface area contributed by atoms with E-state index >= 15 is 0 Å². The summed E-state index contributed by atoms with van der Waals surface area (Å²) in [6.45, 7) is 7.10. The number of amides is 1. The summed E-state index contributed by atoms with van der Waals surface area (Å²) < 4.78 is 10.8. The van der Waals surface area contributed by atoms with Gasteiger partial charge in [0.2, 0.25) is 0 Å². The Balaban J connectivity index is 1.37. The molecule has 1 saturated heterocycles. The van der Waals surface area contributed by atoms with E-state index in [1.165, 1.54) is 25.6 Å². The number of anilines is 2. The monoisotopic (exact) mass is 560 g/mol. The number of aromatic amines is 1. The molecule has 1 fully saturated rings. The second-order valence-corrected chi connectivity index (χ2v) is 10.3. The molecule has 0 spiro atoms. The molecule has 1 aliphatic rings. The summed E-state index contributed by atoms with van der Waals surface area (Å²) in [5.74, 6) is 1.01. The molecular weight excluding hydrogens is 535 g/mol. The van der Waals surface area contributed by atoms with E-state index in [1.807, 2.05) is 18.2 Å². The Hall–Kier alpha value is -3.05. The molecule has 5 rings (SSSR count). The number of halogens is 2. The van der Waals surface area contributed by atoms with Crippen LogP contribution in [0.4, 0.5) is 10.8 Å². The van der Waals surface area contributed by atoms with Gasteiger partial charge in [0.25, 0.3) is 5.91 Å². The molecule has 1 amide bonds. The number of carbonyl (C=O) groups is 1. The molecule has 0 aliphatic carbocycles. The molecular formula is C25H26Cl2N6O3S. The quantitative estimate of drug-likeness (QED) is 0.312. The summed E-state index contributed by atoms with van der Waals surface area (Å²) in [7, 11) is 3.06. The lowest BCUT2D eigenvalue weighted by molar-refractivity contribution is 0.102. The van der Waals surface area contributed by atoms with Gasteiger partial charge in [-0.25, -0.2) is 4.98 Å². The van der Waals surface area contributed by atoms with Crippen LogP contribution in [0.5, 0.6) is 11.5 Å². The highest BCUT2D eigenvalue weighted by Crippen LogP contribution is 2.46. The maximum absolute atomic E-state index is 13.0. The highest BCUT2D eigenvalue weighted by Gasteiger charge is 2.22. The summed E-state index contributed by atoms with van der Waals surface area (Å²) in [6.07, 6.45) is 1.77. The standard InChI is InChI=1S/C25H26Cl2N6O3S/c1-4-32-7-9-33(10-8-32)19-13-28-25(37-19)24(34)29-23-15-6-5-14(11-16(15)30-31-23)20-21(26)17(35-2)12-18(36-3)22(20)27/h5-6,11-13H,4,7-10H2,1-3H3,(H2,29,30,31,34). The SMILES string of the molecule is CCN1CCN(c2cnc(C(=O)Nc3n[nH]c4cc(-c5c(Cl)c(OC)cc(OC)c5Cl)ccc34)s2)CC1. The average Bonchev–Trinajstić information content (AvgIpc) is 3.57. The number of piperazine rings is 1. The van der Waals surface area contributed by atoms with E-state index in [1.54, 1.807) is 12.3 Å².